The van der Waals surface area contributed by atoms with E-state index in [0.29, 0.717) is 0 Å². The molecule has 2 aromatic rings. The number of allylic oxidation sites excluding steroid dienone is 3. The molecule has 0 bridgehead atoms. The summed E-state index contributed by atoms with van der Waals surface area (Å²) in [6, 6.07) is 16.1. The van der Waals surface area contributed by atoms with Crippen LogP contribution in [0.1, 0.15) is 52.1 Å². The molecule has 4 nitrogen and oxygen atoms in total. The molecular formula is C30H38N4. The van der Waals surface area contributed by atoms with Gasteiger partial charge in [0.25, 0.3) is 0 Å². The lowest BCUT2D eigenvalue weighted by Crippen LogP contribution is -2.34. The first-order valence-corrected chi connectivity index (χ1v) is 12.0. The molecule has 1 aliphatic carbocycles. The molecule has 0 aliphatic heterocycles. The third-order valence-electron chi connectivity index (χ3n) is 6.49. The number of aromatic nitrogens is 1. The normalized spacial score (nSPS) is 20.7. The minimum atomic E-state index is -0.286. The highest BCUT2D eigenvalue weighted by Gasteiger charge is 2.42. The number of nitrogens with two attached hydrogens (primary N) is 1. The summed E-state index contributed by atoms with van der Waals surface area (Å²) in [4.78, 5) is 9.63. The third-order valence-corrected chi connectivity index (χ3v) is 6.49. The molecule has 0 spiro atoms. The fraction of sp³-hybridized carbons (Fsp3) is 0.333. The number of benzene rings is 1. The lowest BCUT2D eigenvalue weighted by Gasteiger charge is -2.43. The van der Waals surface area contributed by atoms with Gasteiger partial charge in [-0.3, -0.25) is 4.98 Å². The maximum atomic E-state index is 6.21. The predicted octanol–water partition coefficient (Wildman–Crippen LogP) is 6.98. The van der Waals surface area contributed by atoms with Crippen molar-refractivity contribution in [3.05, 3.63) is 103 Å². The Kier molecular flexibility index (Phi) is 8.27. The summed E-state index contributed by atoms with van der Waals surface area (Å²) in [6.45, 7) is 16.1. The molecule has 0 saturated heterocycles. The number of hydrogen-bond acceptors (Lipinski definition) is 4. The van der Waals surface area contributed by atoms with Gasteiger partial charge in [0.1, 0.15) is 0 Å². The lowest BCUT2D eigenvalue weighted by molar-refractivity contribution is 0.297. The summed E-state index contributed by atoms with van der Waals surface area (Å²) in [5, 5.41) is 3.27. The van der Waals surface area contributed by atoms with E-state index in [9.17, 15) is 0 Å². The second kappa shape index (κ2) is 11.1. The van der Waals surface area contributed by atoms with Crippen LogP contribution in [-0.4, -0.2) is 17.2 Å². The van der Waals surface area contributed by atoms with Gasteiger partial charge in [-0.15, -0.1) is 0 Å². The maximum absolute atomic E-state index is 6.21. The first kappa shape index (κ1) is 25.2. The van der Waals surface area contributed by atoms with Crippen molar-refractivity contribution in [2.45, 2.75) is 46.5 Å². The second-order valence-corrected chi connectivity index (χ2v) is 10.1. The van der Waals surface area contributed by atoms with Gasteiger partial charge in [-0.2, -0.15) is 0 Å². The quantitative estimate of drug-likeness (QED) is 0.402. The highest BCUT2D eigenvalue weighted by Crippen LogP contribution is 2.53. The standard InChI is InChI=1S/C30H38N4/c1-6-32-19-15-25-20-28(34-26-12-8-7-9-13-26)24(22-31)21-30(25,17-16-29(3,4)5)23(2)27-14-10-11-18-33-27/h6-14,18,20,22,32H,1-2,15-17,19,21,31H2,3-5H3. The molecule has 0 radical (unpaired) electrons. The van der Waals surface area contributed by atoms with Crippen LogP contribution in [0, 0.1) is 10.8 Å². The highest BCUT2D eigenvalue weighted by atomic mass is 14.8. The van der Waals surface area contributed by atoms with E-state index in [1.165, 1.54) is 5.57 Å². The monoisotopic (exact) mass is 454 g/mol. The molecule has 1 aliphatic rings. The van der Waals surface area contributed by atoms with Crippen LogP contribution in [-0.2, 0) is 0 Å². The topological polar surface area (TPSA) is 63.3 Å². The number of nitrogens with one attached hydrogen (secondary N) is 1. The van der Waals surface area contributed by atoms with Gasteiger partial charge in [0.15, 0.2) is 0 Å². The van der Waals surface area contributed by atoms with Crippen LogP contribution in [0.4, 0.5) is 5.69 Å². The summed E-state index contributed by atoms with van der Waals surface area (Å²) >= 11 is 0. The van der Waals surface area contributed by atoms with Crippen LogP contribution in [0.3, 0.4) is 0 Å². The number of aliphatic imine (C=N–C) groups is 1. The van der Waals surface area contributed by atoms with Gasteiger partial charge in [-0.05, 0) is 85.0 Å². The molecular weight excluding hydrogens is 416 g/mol. The first-order chi connectivity index (χ1) is 16.3. The van der Waals surface area contributed by atoms with Gasteiger partial charge in [-0.25, -0.2) is 4.99 Å². The van der Waals surface area contributed by atoms with Crippen molar-refractivity contribution in [3.8, 4) is 0 Å². The Balaban J connectivity index is 2.17. The van der Waals surface area contributed by atoms with E-state index in [1.54, 1.807) is 12.4 Å². The van der Waals surface area contributed by atoms with Gasteiger partial charge >= 0.3 is 0 Å². The predicted molar refractivity (Wildman–Crippen MR) is 146 cm³/mol. The molecule has 4 heteroatoms. The Bertz CT molecular complexity index is 1070. The molecule has 34 heavy (non-hydrogen) atoms. The van der Waals surface area contributed by atoms with Crippen LogP contribution >= 0.6 is 0 Å². The van der Waals surface area contributed by atoms with E-state index in [2.05, 4.69) is 56.4 Å². The number of rotatable bonds is 9. The van der Waals surface area contributed by atoms with Gasteiger partial charge in [0.2, 0.25) is 0 Å². The Labute approximate surface area is 205 Å². The van der Waals surface area contributed by atoms with E-state index in [1.807, 2.05) is 48.7 Å². The lowest BCUT2D eigenvalue weighted by atomic mass is 9.61. The summed E-state index contributed by atoms with van der Waals surface area (Å²) in [7, 11) is 0. The molecule has 0 amide bonds. The molecule has 1 aromatic carbocycles. The molecule has 0 fully saturated rings. The number of pyridine rings is 1. The van der Waals surface area contributed by atoms with Crippen LogP contribution < -0.4 is 11.1 Å². The van der Waals surface area contributed by atoms with E-state index in [-0.39, 0.29) is 10.8 Å². The first-order valence-electron chi connectivity index (χ1n) is 12.0. The SMILES string of the molecule is C=CNCCC1=CC(=Nc2ccccc2)C(=CN)CC1(CCC(C)(C)C)C(=C)c1ccccn1. The number of nitrogens with zero attached hydrogens (tertiary/aromatic N) is 2. The second-order valence-electron chi connectivity index (χ2n) is 10.1. The molecule has 3 N–H and O–H groups in total. The zero-order chi connectivity index (χ0) is 24.6. The third kappa shape index (κ3) is 6.13. The fourth-order valence-electron chi connectivity index (χ4n) is 4.51. The Morgan fingerprint density at radius 2 is 1.91 bits per heavy atom. The fourth-order valence-corrected chi connectivity index (χ4v) is 4.51. The van der Waals surface area contributed by atoms with Gasteiger partial charge in [-0.1, -0.05) is 63.8 Å². The summed E-state index contributed by atoms with van der Waals surface area (Å²) in [5.41, 5.74) is 12.3. The van der Waals surface area contributed by atoms with Crippen molar-refractivity contribution in [3.63, 3.8) is 0 Å². The summed E-state index contributed by atoms with van der Waals surface area (Å²) in [6.07, 6.45) is 11.2. The van der Waals surface area contributed by atoms with Gasteiger partial charge in [0, 0.05) is 18.2 Å². The van der Waals surface area contributed by atoms with Gasteiger partial charge < -0.3 is 11.1 Å². The number of hydrogen-bond donors (Lipinski definition) is 2. The zero-order valence-electron chi connectivity index (χ0n) is 20.8. The van der Waals surface area contributed by atoms with Crippen LogP contribution in [0.2, 0.25) is 0 Å². The Hall–Kier alpha value is -3.40. The molecule has 1 aromatic heterocycles. The van der Waals surface area contributed by atoms with Crippen molar-refractivity contribution in [2.24, 2.45) is 21.6 Å². The highest BCUT2D eigenvalue weighted by molar-refractivity contribution is 6.11. The van der Waals surface area contributed by atoms with E-state index in [4.69, 9.17) is 10.7 Å². The van der Waals surface area contributed by atoms with Crippen molar-refractivity contribution in [1.29, 1.82) is 0 Å². The van der Waals surface area contributed by atoms with Crippen molar-refractivity contribution >= 4 is 17.0 Å². The summed E-state index contributed by atoms with van der Waals surface area (Å²) in [5.74, 6) is 0. The van der Waals surface area contributed by atoms with Crippen molar-refractivity contribution in [1.82, 2.24) is 10.3 Å². The zero-order valence-corrected chi connectivity index (χ0v) is 20.8. The largest absolute Gasteiger partial charge is 0.404 e. The average molecular weight is 455 g/mol. The molecule has 1 unspecified atom stereocenters. The summed E-state index contributed by atoms with van der Waals surface area (Å²) < 4.78 is 0. The average Bonchev–Trinajstić information content (AvgIpc) is 2.84. The van der Waals surface area contributed by atoms with E-state index < -0.39 is 0 Å². The molecule has 178 valence electrons. The van der Waals surface area contributed by atoms with Gasteiger partial charge in [0.05, 0.1) is 17.1 Å². The maximum Gasteiger partial charge on any atom is 0.0683 e. The molecule has 1 atom stereocenters. The Morgan fingerprint density at radius 3 is 2.53 bits per heavy atom. The Morgan fingerprint density at radius 1 is 1.18 bits per heavy atom. The molecule has 1 heterocycles. The van der Waals surface area contributed by atoms with Crippen LogP contribution in [0.15, 0.2) is 103 Å². The minimum absolute atomic E-state index is 0.187. The van der Waals surface area contributed by atoms with Crippen molar-refractivity contribution in [2.75, 3.05) is 6.54 Å². The van der Waals surface area contributed by atoms with Crippen LogP contribution in [0.25, 0.3) is 5.57 Å². The minimum Gasteiger partial charge on any atom is -0.404 e. The smallest absolute Gasteiger partial charge is 0.0683 e. The van der Waals surface area contributed by atoms with E-state index in [0.717, 1.165) is 60.5 Å². The molecule has 3 rings (SSSR count). The number of para-hydroxylation sites is 1. The van der Waals surface area contributed by atoms with Crippen LogP contribution in [0.5, 0.6) is 0 Å². The van der Waals surface area contributed by atoms with Crippen molar-refractivity contribution < 1.29 is 0 Å². The molecule has 0 saturated carbocycles. The van der Waals surface area contributed by atoms with E-state index >= 15 is 0 Å².